The van der Waals surface area contributed by atoms with Crippen LogP contribution >= 0.6 is 11.3 Å². The maximum absolute atomic E-state index is 11.7. The van der Waals surface area contributed by atoms with Crippen LogP contribution in [0, 0.1) is 0 Å². The molecule has 1 amide bonds. The molecule has 0 radical (unpaired) electrons. The molecule has 4 nitrogen and oxygen atoms in total. The van der Waals surface area contributed by atoms with Crippen LogP contribution in [0.1, 0.15) is 22.2 Å². The van der Waals surface area contributed by atoms with Crippen molar-refractivity contribution in [1.29, 1.82) is 0 Å². The minimum absolute atomic E-state index is 0.136. The van der Waals surface area contributed by atoms with Crippen LogP contribution in [0.5, 0.6) is 0 Å². The van der Waals surface area contributed by atoms with Crippen LogP contribution in [0.25, 0.3) is 11.1 Å². The molecule has 0 bridgehead atoms. The van der Waals surface area contributed by atoms with Crippen molar-refractivity contribution in [2.24, 2.45) is 0 Å². The van der Waals surface area contributed by atoms with E-state index in [4.69, 9.17) is 4.42 Å². The van der Waals surface area contributed by atoms with E-state index >= 15 is 0 Å². The molecule has 2 N–H and O–H groups in total. The SMILES string of the molecule is O=C(NCC(O)c1ccc(-c2ccsc2)cc1)c1ccco1. The van der Waals surface area contributed by atoms with Crippen molar-refractivity contribution in [3.05, 3.63) is 70.8 Å². The molecule has 1 aromatic carbocycles. The van der Waals surface area contributed by atoms with Crippen molar-refractivity contribution in [3.8, 4) is 11.1 Å². The standard InChI is InChI=1S/C17H15NO3S/c19-15(10-18-17(20)16-2-1-8-21-16)13-5-3-12(4-6-13)14-7-9-22-11-14/h1-9,11,15,19H,10H2,(H,18,20). The van der Waals surface area contributed by atoms with E-state index in [1.54, 1.807) is 23.5 Å². The zero-order valence-corrected chi connectivity index (χ0v) is 12.5. The molecule has 1 unspecified atom stereocenters. The van der Waals surface area contributed by atoms with Gasteiger partial charge in [0, 0.05) is 6.54 Å². The lowest BCUT2D eigenvalue weighted by atomic mass is 10.0. The highest BCUT2D eigenvalue weighted by Gasteiger charge is 2.12. The fourth-order valence-electron chi connectivity index (χ4n) is 2.13. The lowest BCUT2D eigenvalue weighted by Crippen LogP contribution is -2.28. The zero-order valence-electron chi connectivity index (χ0n) is 11.7. The number of carbonyl (C=O) groups excluding carboxylic acids is 1. The van der Waals surface area contributed by atoms with Gasteiger partial charge >= 0.3 is 0 Å². The number of hydrogen-bond acceptors (Lipinski definition) is 4. The number of aliphatic hydroxyl groups excluding tert-OH is 1. The van der Waals surface area contributed by atoms with E-state index in [1.165, 1.54) is 6.26 Å². The molecule has 3 aromatic rings. The monoisotopic (exact) mass is 313 g/mol. The molecule has 3 rings (SSSR count). The number of benzene rings is 1. The fourth-order valence-corrected chi connectivity index (χ4v) is 2.79. The molecule has 2 aromatic heterocycles. The summed E-state index contributed by atoms with van der Waals surface area (Å²) in [5, 5.41) is 16.9. The van der Waals surface area contributed by atoms with Gasteiger partial charge in [-0.25, -0.2) is 0 Å². The molecular formula is C17H15NO3S. The highest BCUT2D eigenvalue weighted by atomic mass is 32.1. The van der Waals surface area contributed by atoms with E-state index in [0.29, 0.717) is 0 Å². The van der Waals surface area contributed by atoms with Crippen molar-refractivity contribution in [2.75, 3.05) is 6.54 Å². The van der Waals surface area contributed by atoms with Gasteiger partial charge in [-0.3, -0.25) is 4.79 Å². The van der Waals surface area contributed by atoms with Crippen LogP contribution < -0.4 is 5.32 Å². The van der Waals surface area contributed by atoms with E-state index in [9.17, 15) is 9.90 Å². The summed E-state index contributed by atoms with van der Waals surface area (Å²) in [6.07, 6.45) is 0.685. The summed E-state index contributed by atoms with van der Waals surface area (Å²) in [7, 11) is 0. The quantitative estimate of drug-likeness (QED) is 0.758. The largest absolute Gasteiger partial charge is 0.459 e. The molecule has 0 aliphatic heterocycles. The number of amides is 1. The van der Waals surface area contributed by atoms with Gasteiger partial charge in [-0.05, 0) is 45.6 Å². The topological polar surface area (TPSA) is 62.5 Å². The van der Waals surface area contributed by atoms with Gasteiger partial charge in [-0.2, -0.15) is 11.3 Å². The van der Waals surface area contributed by atoms with Crippen molar-refractivity contribution in [3.63, 3.8) is 0 Å². The lowest BCUT2D eigenvalue weighted by Gasteiger charge is -2.12. The third-order valence-electron chi connectivity index (χ3n) is 3.35. The van der Waals surface area contributed by atoms with Gasteiger partial charge in [-0.15, -0.1) is 0 Å². The second-order valence-corrected chi connectivity index (χ2v) is 5.62. The maximum atomic E-state index is 11.7. The van der Waals surface area contributed by atoms with Crippen molar-refractivity contribution >= 4 is 17.2 Å². The van der Waals surface area contributed by atoms with E-state index in [1.807, 2.05) is 29.6 Å². The molecule has 0 aliphatic carbocycles. The second kappa shape index (κ2) is 6.60. The summed E-state index contributed by atoms with van der Waals surface area (Å²) in [6.45, 7) is 0.136. The third kappa shape index (κ3) is 3.27. The number of aliphatic hydroxyl groups is 1. The van der Waals surface area contributed by atoms with Crippen LogP contribution in [0.15, 0.2) is 63.9 Å². The first kappa shape index (κ1) is 14.6. The Kier molecular flexibility index (Phi) is 4.37. The maximum Gasteiger partial charge on any atom is 0.287 e. The Bertz CT molecular complexity index is 718. The molecule has 0 fully saturated rings. The number of furan rings is 1. The van der Waals surface area contributed by atoms with Crippen LogP contribution in [-0.2, 0) is 0 Å². The molecule has 0 saturated heterocycles. The summed E-state index contributed by atoms with van der Waals surface area (Å²) in [5.41, 5.74) is 3.03. The number of carbonyl (C=O) groups is 1. The van der Waals surface area contributed by atoms with Crippen LogP contribution in [-0.4, -0.2) is 17.6 Å². The van der Waals surface area contributed by atoms with Crippen molar-refractivity contribution < 1.29 is 14.3 Å². The summed E-state index contributed by atoms with van der Waals surface area (Å²) < 4.78 is 5.00. The number of thiophene rings is 1. The van der Waals surface area contributed by atoms with Crippen molar-refractivity contribution in [2.45, 2.75) is 6.10 Å². The molecule has 5 heteroatoms. The number of nitrogens with one attached hydrogen (secondary N) is 1. The third-order valence-corrected chi connectivity index (χ3v) is 4.03. The smallest absolute Gasteiger partial charge is 0.287 e. The average molecular weight is 313 g/mol. The van der Waals surface area contributed by atoms with Crippen LogP contribution in [0.2, 0.25) is 0 Å². The molecule has 112 valence electrons. The lowest BCUT2D eigenvalue weighted by molar-refractivity contribution is 0.0889. The van der Waals surface area contributed by atoms with Crippen LogP contribution in [0.4, 0.5) is 0 Å². The molecular weight excluding hydrogens is 298 g/mol. The minimum Gasteiger partial charge on any atom is -0.459 e. The highest BCUT2D eigenvalue weighted by Crippen LogP contribution is 2.23. The summed E-state index contributed by atoms with van der Waals surface area (Å²) in [4.78, 5) is 11.7. The predicted octanol–water partition coefficient (Wildman–Crippen LogP) is 3.47. The van der Waals surface area contributed by atoms with E-state index in [0.717, 1.165) is 16.7 Å². The molecule has 1 atom stereocenters. The van der Waals surface area contributed by atoms with Crippen LogP contribution in [0.3, 0.4) is 0 Å². The summed E-state index contributed by atoms with van der Waals surface area (Å²) in [6, 6.07) is 13.0. The molecule has 0 spiro atoms. The van der Waals surface area contributed by atoms with Gasteiger partial charge < -0.3 is 14.8 Å². The first-order valence-corrected chi connectivity index (χ1v) is 7.80. The van der Waals surface area contributed by atoms with Gasteiger partial charge in [0.15, 0.2) is 5.76 Å². The normalized spacial score (nSPS) is 12.0. The Morgan fingerprint density at radius 2 is 2.00 bits per heavy atom. The minimum atomic E-state index is -0.754. The van der Waals surface area contributed by atoms with Gasteiger partial charge in [0.1, 0.15) is 0 Å². The summed E-state index contributed by atoms with van der Waals surface area (Å²) >= 11 is 1.65. The van der Waals surface area contributed by atoms with Gasteiger partial charge in [0.2, 0.25) is 0 Å². The Morgan fingerprint density at radius 1 is 1.18 bits per heavy atom. The molecule has 0 aliphatic rings. The Balaban J connectivity index is 1.60. The number of hydrogen-bond donors (Lipinski definition) is 2. The molecule has 22 heavy (non-hydrogen) atoms. The first-order chi connectivity index (χ1) is 10.7. The summed E-state index contributed by atoms with van der Waals surface area (Å²) in [5.74, 6) is -0.0982. The van der Waals surface area contributed by atoms with E-state index in [-0.39, 0.29) is 18.2 Å². The second-order valence-electron chi connectivity index (χ2n) is 4.84. The molecule has 2 heterocycles. The van der Waals surface area contributed by atoms with Gasteiger partial charge in [-0.1, -0.05) is 24.3 Å². The van der Waals surface area contributed by atoms with E-state index < -0.39 is 6.10 Å². The highest BCUT2D eigenvalue weighted by molar-refractivity contribution is 7.08. The zero-order chi connectivity index (χ0) is 15.4. The number of rotatable bonds is 5. The Morgan fingerprint density at radius 3 is 2.64 bits per heavy atom. The van der Waals surface area contributed by atoms with E-state index in [2.05, 4.69) is 16.8 Å². The predicted molar refractivity (Wildman–Crippen MR) is 85.8 cm³/mol. The first-order valence-electron chi connectivity index (χ1n) is 6.86. The van der Waals surface area contributed by atoms with Crippen molar-refractivity contribution in [1.82, 2.24) is 5.32 Å². The van der Waals surface area contributed by atoms with Gasteiger partial charge in [0.25, 0.3) is 5.91 Å². The van der Waals surface area contributed by atoms with Gasteiger partial charge in [0.05, 0.1) is 12.4 Å². The Hall–Kier alpha value is -2.37. The average Bonchev–Trinajstić information content (AvgIpc) is 3.25. The Labute approximate surface area is 132 Å². The fraction of sp³-hybridized carbons (Fsp3) is 0.118. The molecule has 0 saturated carbocycles.